The fourth-order valence-corrected chi connectivity index (χ4v) is 2.84. The fraction of sp³-hybridized carbons (Fsp3) is 0.375. The molecule has 0 radical (unpaired) electrons. The van der Waals surface area contributed by atoms with Crippen molar-refractivity contribution < 1.29 is 4.74 Å². The van der Waals surface area contributed by atoms with E-state index in [2.05, 4.69) is 42.5 Å². The molecule has 1 fully saturated rings. The molecule has 0 aromatic heterocycles. The van der Waals surface area contributed by atoms with Crippen molar-refractivity contribution in [3.63, 3.8) is 0 Å². The molecule has 0 spiro atoms. The molecule has 2 atom stereocenters. The van der Waals surface area contributed by atoms with Crippen LogP contribution in [0.25, 0.3) is 10.8 Å². The van der Waals surface area contributed by atoms with Crippen LogP contribution in [0.15, 0.2) is 42.5 Å². The summed E-state index contributed by atoms with van der Waals surface area (Å²) >= 11 is 0. The minimum Gasteiger partial charge on any atom is -0.373 e. The highest BCUT2D eigenvalue weighted by molar-refractivity contribution is 5.83. The average molecular weight is 241 g/mol. The molecule has 3 rings (SSSR count). The molecule has 0 saturated carbocycles. The molecule has 1 aliphatic heterocycles. The van der Waals surface area contributed by atoms with E-state index in [1.54, 1.807) is 0 Å². The summed E-state index contributed by atoms with van der Waals surface area (Å²) in [6.45, 7) is 1.56. The minimum atomic E-state index is 0.174. The summed E-state index contributed by atoms with van der Waals surface area (Å²) in [7, 11) is 0. The van der Waals surface area contributed by atoms with Gasteiger partial charge in [0.05, 0.1) is 6.10 Å². The highest BCUT2D eigenvalue weighted by atomic mass is 16.5. The Morgan fingerprint density at radius 3 is 2.78 bits per heavy atom. The third kappa shape index (κ3) is 2.14. The second-order valence-corrected chi connectivity index (χ2v) is 5.04. The average Bonchev–Trinajstić information content (AvgIpc) is 2.46. The van der Waals surface area contributed by atoms with Crippen LogP contribution in [0.2, 0.25) is 0 Å². The Labute approximate surface area is 108 Å². The van der Waals surface area contributed by atoms with Crippen molar-refractivity contribution in [2.45, 2.75) is 18.9 Å². The first-order chi connectivity index (χ1) is 8.88. The van der Waals surface area contributed by atoms with Crippen molar-refractivity contribution in [2.24, 2.45) is 11.7 Å². The maximum atomic E-state index is 5.94. The summed E-state index contributed by atoms with van der Waals surface area (Å²) in [5.41, 5.74) is 7.13. The zero-order chi connectivity index (χ0) is 12.4. The van der Waals surface area contributed by atoms with Crippen LogP contribution in [0.4, 0.5) is 0 Å². The Kier molecular flexibility index (Phi) is 3.31. The molecule has 1 aliphatic rings. The van der Waals surface area contributed by atoms with Crippen LogP contribution in [0.3, 0.4) is 0 Å². The van der Waals surface area contributed by atoms with Gasteiger partial charge in [-0.1, -0.05) is 36.4 Å². The molecular weight excluding hydrogens is 222 g/mol. The molecule has 1 saturated heterocycles. The van der Waals surface area contributed by atoms with Gasteiger partial charge in [0.2, 0.25) is 0 Å². The third-order valence-electron chi connectivity index (χ3n) is 3.85. The van der Waals surface area contributed by atoms with E-state index in [-0.39, 0.29) is 6.10 Å². The molecule has 0 aliphatic carbocycles. The third-order valence-corrected chi connectivity index (χ3v) is 3.85. The van der Waals surface area contributed by atoms with Crippen LogP contribution >= 0.6 is 0 Å². The second-order valence-electron chi connectivity index (χ2n) is 5.04. The fourth-order valence-electron chi connectivity index (χ4n) is 2.84. The summed E-state index contributed by atoms with van der Waals surface area (Å²) in [4.78, 5) is 0. The lowest BCUT2D eigenvalue weighted by molar-refractivity contribution is -0.0250. The van der Waals surface area contributed by atoms with Gasteiger partial charge in [-0.05, 0) is 41.8 Å². The zero-order valence-electron chi connectivity index (χ0n) is 10.5. The van der Waals surface area contributed by atoms with Crippen LogP contribution in [0.5, 0.6) is 0 Å². The summed E-state index contributed by atoms with van der Waals surface area (Å²) in [6, 6.07) is 15.0. The standard InChI is InChI=1S/C16H19NO/c17-11-15-6-3-9-18-16(15)14-8-7-12-4-1-2-5-13(12)10-14/h1-2,4-5,7-8,10,15-16H,3,6,9,11,17H2. The Morgan fingerprint density at radius 2 is 1.94 bits per heavy atom. The molecule has 94 valence electrons. The van der Waals surface area contributed by atoms with Gasteiger partial charge in [0.25, 0.3) is 0 Å². The lowest BCUT2D eigenvalue weighted by Gasteiger charge is -2.31. The van der Waals surface area contributed by atoms with E-state index in [4.69, 9.17) is 10.5 Å². The number of fused-ring (bicyclic) bond motifs is 1. The summed E-state index contributed by atoms with van der Waals surface area (Å²) < 4.78 is 5.94. The Bertz CT molecular complexity index is 537. The first kappa shape index (κ1) is 11.7. The highest BCUT2D eigenvalue weighted by Crippen LogP contribution is 2.34. The minimum absolute atomic E-state index is 0.174. The van der Waals surface area contributed by atoms with Crippen LogP contribution in [0.1, 0.15) is 24.5 Å². The lowest BCUT2D eigenvalue weighted by atomic mass is 9.89. The molecule has 0 amide bonds. The van der Waals surface area contributed by atoms with Gasteiger partial charge in [0, 0.05) is 12.5 Å². The van der Waals surface area contributed by atoms with E-state index in [0.717, 1.165) is 13.0 Å². The summed E-state index contributed by atoms with van der Waals surface area (Å²) in [5, 5.41) is 2.56. The number of nitrogens with two attached hydrogens (primary N) is 1. The number of benzene rings is 2. The molecule has 0 bridgehead atoms. The normalized spacial score (nSPS) is 24.3. The number of hydrogen-bond acceptors (Lipinski definition) is 2. The molecule has 1 heterocycles. The van der Waals surface area contributed by atoms with Crippen molar-refractivity contribution in [1.29, 1.82) is 0 Å². The number of rotatable bonds is 2. The Balaban J connectivity index is 1.97. The first-order valence-corrected chi connectivity index (χ1v) is 6.69. The van der Waals surface area contributed by atoms with E-state index in [1.165, 1.54) is 22.8 Å². The number of ether oxygens (including phenoxy) is 1. The van der Waals surface area contributed by atoms with Gasteiger partial charge in [-0.15, -0.1) is 0 Å². The molecule has 18 heavy (non-hydrogen) atoms. The second kappa shape index (κ2) is 5.09. The van der Waals surface area contributed by atoms with Gasteiger partial charge < -0.3 is 10.5 Å². The molecule has 2 aromatic carbocycles. The van der Waals surface area contributed by atoms with Crippen LogP contribution in [0, 0.1) is 5.92 Å². The molecule has 2 heteroatoms. The van der Waals surface area contributed by atoms with E-state index >= 15 is 0 Å². The topological polar surface area (TPSA) is 35.2 Å². The molecule has 2 N–H and O–H groups in total. The summed E-state index contributed by atoms with van der Waals surface area (Å²) in [5.74, 6) is 0.458. The van der Waals surface area contributed by atoms with Gasteiger partial charge in [-0.2, -0.15) is 0 Å². The maximum Gasteiger partial charge on any atom is 0.0865 e. The van der Waals surface area contributed by atoms with Gasteiger partial charge in [-0.25, -0.2) is 0 Å². The van der Waals surface area contributed by atoms with Gasteiger partial charge in [0.1, 0.15) is 0 Å². The van der Waals surface area contributed by atoms with E-state index in [9.17, 15) is 0 Å². The van der Waals surface area contributed by atoms with E-state index in [1.807, 2.05) is 0 Å². The Hall–Kier alpha value is -1.38. The van der Waals surface area contributed by atoms with Gasteiger partial charge in [0.15, 0.2) is 0 Å². The van der Waals surface area contributed by atoms with Crippen LogP contribution in [-0.2, 0) is 4.74 Å². The van der Waals surface area contributed by atoms with Crippen LogP contribution < -0.4 is 5.73 Å². The molecule has 2 nitrogen and oxygen atoms in total. The first-order valence-electron chi connectivity index (χ1n) is 6.69. The maximum absolute atomic E-state index is 5.94. The SMILES string of the molecule is NCC1CCCOC1c1ccc2ccccc2c1. The van der Waals surface area contributed by atoms with Crippen LogP contribution in [-0.4, -0.2) is 13.2 Å². The molecule has 2 aromatic rings. The van der Waals surface area contributed by atoms with E-state index < -0.39 is 0 Å². The zero-order valence-corrected chi connectivity index (χ0v) is 10.5. The van der Waals surface area contributed by atoms with Crippen molar-refractivity contribution >= 4 is 10.8 Å². The van der Waals surface area contributed by atoms with Crippen molar-refractivity contribution in [3.05, 3.63) is 48.0 Å². The van der Waals surface area contributed by atoms with Crippen molar-refractivity contribution in [2.75, 3.05) is 13.2 Å². The highest BCUT2D eigenvalue weighted by Gasteiger charge is 2.26. The lowest BCUT2D eigenvalue weighted by Crippen LogP contribution is -2.28. The monoisotopic (exact) mass is 241 g/mol. The predicted octanol–water partition coefficient (Wildman–Crippen LogP) is 3.27. The van der Waals surface area contributed by atoms with Gasteiger partial charge in [-0.3, -0.25) is 0 Å². The Morgan fingerprint density at radius 1 is 1.11 bits per heavy atom. The smallest absolute Gasteiger partial charge is 0.0865 e. The number of hydrogen-bond donors (Lipinski definition) is 1. The molecule has 2 unspecified atom stereocenters. The molecular formula is C16H19NO. The quantitative estimate of drug-likeness (QED) is 0.875. The van der Waals surface area contributed by atoms with Crippen molar-refractivity contribution in [1.82, 2.24) is 0 Å². The van der Waals surface area contributed by atoms with Gasteiger partial charge >= 0.3 is 0 Å². The predicted molar refractivity (Wildman–Crippen MR) is 74.4 cm³/mol. The van der Waals surface area contributed by atoms with E-state index in [0.29, 0.717) is 12.5 Å². The largest absolute Gasteiger partial charge is 0.373 e. The van der Waals surface area contributed by atoms with Crippen molar-refractivity contribution in [3.8, 4) is 0 Å². The summed E-state index contributed by atoms with van der Waals surface area (Å²) in [6.07, 6.45) is 2.48.